The number of benzene rings is 1. The molecule has 0 radical (unpaired) electrons. The van der Waals surface area contributed by atoms with Crippen molar-refractivity contribution in [3.05, 3.63) is 34.2 Å². The smallest absolute Gasteiger partial charge is 0.149 e. The molecular formula is C16H13N5O3S. The van der Waals surface area contributed by atoms with E-state index in [9.17, 15) is 20.5 Å². The predicted octanol–water partition coefficient (Wildman–Crippen LogP) is 2.92. The number of nitrogens with zero attached hydrogens (tertiary/aromatic N) is 4. The molecule has 0 bridgehead atoms. The molecule has 0 unspecified atom stereocenters. The van der Waals surface area contributed by atoms with E-state index < -0.39 is 0 Å². The number of phenolic OH excluding ortho intramolecular Hbond substituents is 1. The molecule has 9 heteroatoms. The summed E-state index contributed by atoms with van der Waals surface area (Å²) in [5.41, 5.74) is 6.54. The normalized spacial score (nSPS) is 10.0. The molecule has 1 heterocycles. The molecule has 0 saturated carbocycles. The highest BCUT2D eigenvalue weighted by molar-refractivity contribution is 7.99. The first-order valence-electron chi connectivity index (χ1n) is 6.99. The van der Waals surface area contributed by atoms with Gasteiger partial charge in [0.25, 0.3) is 0 Å². The van der Waals surface area contributed by atoms with Gasteiger partial charge in [-0.1, -0.05) is 6.07 Å². The van der Waals surface area contributed by atoms with E-state index in [0.717, 1.165) is 0 Å². The van der Waals surface area contributed by atoms with Crippen LogP contribution in [0, 0.1) is 27.6 Å². The molecule has 0 aliphatic rings. The highest BCUT2D eigenvalue weighted by atomic mass is 32.2. The molecule has 1 aromatic heterocycles. The quantitative estimate of drug-likeness (QED) is 0.457. The molecule has 0 saturated heterocycles. The predicted molar refractivity (Wildman–Crippen MR) is 93.2 cm³/mol. The average molecular weight is 355 g/mol. The Balaban J connectivity index is 2.70. The van der Waals surface area contributed by atoms with Crippen molar-refractivity contribution in [1.82, 2.24) is 4.98 Å². The number of hydrogen-bond acceptors (Lipinski definition) is 9. The molecule has 0 fully saturated rings. The minimum Gasteiger partial charge on any atom is -0.506 e. The van der Waals surface area contributed by atoms with E-state index in [1.54, 1.807) is 7.11 Å². The third kappa shape index (κ3) is 3.69. The summed E-state index contributed by atoms with van der Waals surface area (Å²) in [6.07, 6.45) is 0. The monoisotopic (exact) mass is 355 g/mol. The van der Waals surface area contributed by atoms with Crippen LogP contribution < -0.4 is 5.73 Å². The van der Waals surface area contributed by atoms with Crippen LogP contribution in [-0.2, 0) is 4.74 Å². The maximum atomic E-state index is 10.6. The van der Waals surface area contributed by atoms with Crippen molar-refractivity contribution in [2.75, 3.05) is 25.2 Å². The molecule has 0 spiro atoms. The number of pyridine rings is 1. The molecule has 2 rings (SSSR count). The second-order valence-corrected chi connectivity index (χ2v) is 5.87. The number of rotatable bonds is 6. The van der Waals surface area contributed by atoms with E-state index in [2.05, 4.69) is 10.2 Å². The number of ether oxygens (including phenoxy) is 1. The molecule has 2 aromatic rings. The maximum Gasteiger partial charge on any atom is 0.149 e. The van der Waals surface area contributed by atoms with Gasteiger partial charge in [0.15, 0.2) is 0 Å². The van der Waals surface area contributed by atoms with E-state index in [1.807, 2.05) is 12.1 Å². The van der Waals surface area contributed by atoms with Crippen LogP contribution in [0.1, 0.15) is 11.1 Å². The standard InChI is InChI=1S/C16H13N5O3S/c1-24-4-5-25-16-11(8-18)14(10(7-17)15(19)20-16)9-2-3-12(21-23)13(22)6-9/h2-3,6,22H,4-5H2,1H3,(H2,19,20). The van der Waals surface area contributed by atoms with E-state index in [0.29, 0.717) is 22.9 Å². The van der Waals surface area contributed by atoms with Gasteiger partial charge >= 0.3 is 0 Å². The molecule has 25 heavy (non-hydrogen) atoms. The van der Waals surface area contributed by atoms with Crippen LogP contribution in [0.15, 0.2) is 28.4 Å². The molecule has 1 aromatic carbocycles. The molecule has 0 aliphatic heterocycles. The number of methoxy groups -OCH3 is 1. The van der Waals surface area contributed by atoms with Crippen molar-refractivity contribution in [2.24, 2.45) is 5.18 Å². The van der Waals surface area contributed by atoms with Crippen molar-refractivity contribution in [2.45, 2.75) is 5.03 Å². The van der Waals surface area contributed by atoms with E-state index in [1.165, 1.54) is 30.0 Å². The molecule has 0 aliphatic carbocycles. The van der Waals surface area contributed by atoms with Crippen molar-refractivity contribution < 1.29 is 9.84 Å². The Bertz CT molecular complexity index is 902. The number of anilines is 1. The van der Waals surface area contributed by atoms with Gasteiger partial charge in [-0.05, 0) is 22.9 Å². The zero-order valence-corrected chi connectivity index (χ0v) is 14.0. The summed E-state index contributed by atoms with van der Waals surface area (Å²) in [7, 11) is 1.56. The van der Waals surface area contributed by atoms with E-state index >= 15 is 0 Å². The summed E-state index contributed by atoms with van der Waals surface area (Å²) < 4.78 is 4.98. The van der Waals surface area contributed by atoms with Gasteiger partial charge in [-0.15, -0.1) is 16.7 Å². The first-order valence-corrected chi connectivity index (χ1v) is 7.98. The Morgan fingerprint density at radius 1 is 1.36 bits per heavy atom. The van der Waals surface area contributed by atoms with Crippen LogP contribution in [-0.4, -0.2) is 29.6 Å². The fourth-order valence-electron chi connectivity index (χ4n) is 2.17. The lowest BCUT2D eigenvalue weighted by Crippen LogP contribution is -2.04. The number of aromatic nitrogens is 1. The van der Waals surface area contributed by atoms with Gasteiger partial charge in [-0.25, -0.2) is 4.98 Å². The number of nitrogens with two attached hydrogens (primary N) is 1. The fourth-order valence-corrected chi connectivity index (χ4v) is 3.07. The summed E-state index contributed by atoms with van der Waals surface area (Å²) in [5.74, 6) is 0.167. The third-order valence-corrected chi connectivity index (χ3v) is 4.24. The van der Waals surface area contributed by atoms with Crippen LogP contribution in [0.5, 0.6) is 5.75 Å². The van der Waals surface area contributed by atoms with Crippen LogP contribution >= 0.6 is 11.8 Å². The fraction of sp³-hybridized carbons (Fsp3) is 0.188. The van der Waals surface area contributed by atoms with Gasteiger partial charge in [0.1, 0.15) is 40.0 Å². The molecule has 8 nitrogen and oxygen atoms in total. The van der Waals surface area contributed by atoms with Crippen LogP contribution in [0.3, 0.4) is 0 Å². The highest BCUT2D eigenvalue weighted by Gasteiger charge is 2.21. The highest BCUT2D eigenvalue weighted by Crippen LogP contribution is 2.38. The SMILES string of the molecule is COCCSc1nc(N)c(C#N)c(-c2ccc(N=O)c(O)c2)c1C#N. The Kier molecular flexibility index (Phi) is 5.90. The topological polar surface area (TPSA) is 145 Å². The van der Waals surface area contributed by atoms with Gasteiger partial charge in [0, 0.05) is 18.4 Å². The number of nitriles is 2. The van der Waals surface area contributed by atoms with Gasteiger partial charge in [-0.3, -0.25) is 0 Å². The Labute approximate surface area is 147 Å². The average Bonchev–Trinajstić information content (AvgIpc) is 2.61. The number of nitrogen functional groups attached to an aromatic ring is 1. The lowest BCUT2D eigenvalue weighted by molar-refractivity contribution is 0.218. The number of phenols is 1. The maximum absolute atomic E-state index is 10.6. The molecule has 0 atom stereocenters. The first kappa shape index (κ1) is 18.2. The lowest BCUT2D eigenvalue weighted by Gasteiger charge is -2.13. The zero-order chi connectivity index (χ0) is 18.4. The number of aromatic hydroxyl groups is 1. The third-order valence-electron chi connectivity index (χ3n) is 3.30. The van der Waals surface area contributed by atoms with Crippen molar-refractivity contribution in [3.8, 4) is 29.0 Å². The van der Waals surface area contributed by atoms with E-state index in [4.69, 9.17) is 10.5 Å². The van der Waals surface area contributed by atoms with Gasteiger partial charge in [-0.2, -0.15) is 10.5 Å². The van der Waals surface area contributed by atoms with Gasteiger partial charge < -0.3 is 15.6 Å². The summed E-state index contributed by atoms with van der Waals surface area (Å²) in [4.78, 5) is 14.8. The second-order valence-electron chi connectivity index (χ2n) is 4.79. The van der Waals surface area contributed by atoms with Crippen molar-refractivity contribution >= 4 is 23.3 Å². The van der Waals surface area contributed by atoms with Gasteiger partial charge in [0.05, 0.1) is 12.2 Å². The van der Waals surface area contributed by atoms with Crippen molar-refractivity contribution in [1.29, 1.82) is 10.5 Å². The summed E-state index contributed by atoms with van der Waals surface area (Å²) >= 11 is 1.27. The van der Waals surface area contributed by atoms with E-state index in [-0.39, 0.29) is 33.9 Å². The summed E-state index contributed by atoms with van der Waals surface area (Å²) in [5, 5.41) is 31.9. The second kappa shape index (κ2) is 8.11. The number of nitroso groups, excluding NO2 is 1. The minimum atomic E-state index is -0.357. The number of thioether (sulfide) groups is 1. The zero-order valence-electron chi connectivity index (χ0n) is 13.2. The Hall–Kier alpha value is -3.14. The first-order chi connectivity index (χ1) is 12.1. The largest absolute Gasteiger partial charge is 0.506 e. The summed E-state index contributed by atoms with van der Waals surface area (Å²) in [6, 6.07) is 8.03. The van der Waals surface area contributed by atoms with Crippen LogP contribution in [0.2, 0.25) is 0 Å². The Morgan fingerprint density at radius 3 is 2.64 bits per heavy atom. The molecule has 126 valence electrons. The van der Waals surface area contributed by atoms with Crippen LogP contribution in [0.25, 0.3) is 11.1 Å². The van der Waals surface area contributed by atoms with Crippen LogP contribution in [0.4, 0.5) is 11.5 Å². The Morgan fingerprint density at radius 2 is 2.08 bits per heavy atom. The van der Waals surface area contributed by atoms with Gasteiger partial charge in [0.2, 0.25) is 0 Å². The van der Waals surface area contributed by atoms with Crippen molar-refractivity contribution in [3.63, 3.8) is 0 Å². The molecular weight excluding hydrogens is 342 g/mol. The molecule has 3 N–H and O–H groups in total. The molecule has 0 amide bonds. The summed E-state index contributed by atoms with van der Waals surface area (Å²) in [6.45, 7) is 0.451. The number of hydrogen-bond donors (Lipinski definition) is 2. The lowest BCUT2D eigenvalue weighted by atomic mass is 9.96. The minimum absolute atomic E-state index is 0.0199.